The van der Waals surface area contributed by atoms with Gasteiger partial charge in [0.2, 0.25) is 5.91 Å². The van der Waals surface area contributed by atoms with Gasteiger partial charge >= 0.3 is 0 Å². The Hall–Kier alpha value is -2.63. The van der Waals surface area contributed by atoms with Gasteiger partial charge in [-0.3, -0.25) is 9.48 Å². The van der Waals surface area contributed by atoms with E-state index < -0.39 is 5.54 Å². The van der Waals surface area contributed by atoms with Gasteiger partial charge < -0.3 is 10.3 Å². The third kappa shape index (κ3) is 2.08. The Morgan fingerprint density at radius 3 is 2.67 bits per heavy atom. The molecule has 0 saturated heterocycles. The van der Waals surface area contributed by atoms with Crippen molar-refractivity contribution in [2.75, 3.05) is 0 Å². The van der Waals surface area contributed by atoms with E-state index in [4.69, 9.17) is 5.73 Å². The normalized spacial score (nSPS) is 12.0. The molecule has 0 radical (unpaired) electrons. The van der Waals surface area contributed by atoms with Crippen LogP contribution < -0.4 is 5.73 Å². The Labute approximate surface area is 122 Å². The Morgan fingerprint density at radius 1 is 1.29 bits per heavy atom. The molecule has 0 saturated carbocycles. The number of nitrogens with zero attached hydrogens (tertiary/aromatic N) is 4. The maximum Gasteiger partial charge on any atom is 0.243 e. The summed E-state index contributed by atoms with van der Waals surface area (Å²) in [5.41, 5.74) is 6.62. The maximum atomic E-state index is 11.6. The van der Waals surface area contributed by atoms with Gasteiger partial charge in [0.25, 0.3) is 0 Å². The molecule has 108 valence electrons. The molecule has 1 aromatic carbocycles. The quantitative estimate of drug-likeness (QED) is 0.794. The summed E-state index contributed by atoms with van der Waals surface area (Å²) in [7, 11) is 1.83. The van der Waals surface area contributed by atoms with Crippen molar-refractivity contribution >= 4 is 16.8 Å². The van der Waals surface area contributed by atoms with Crippen LogP contribution in [-0.4, -0.2) is 25.2 Å². The molecule has 0 bridgehead atoms. The molecule has 0 aliphatic carbocycles. The van der Waals surface area contributed by atoms with Crippen molar-refractivity contribution in [3.05, 3.63) is 36.8 Å². The monoisotopic (exact) mass is 283 g/mol. The van der Waals surface area contributed by atoms with Crippen LogP contribution >= 0.6 is 0 Å². The molecule has 6 nitrogen and oxygen atoms in total. The first-order chi connectivity index (χ1) is 9.89. The summed E-state index contributed by atoms with van der Waals surface area (Å²) < 4.78 is 3.56. The average Bonchev–Trinajstić information content (AvgIpc) is 3.03. The lowest BCUT2D eigenvalue weighted by Crippen LogP contribution is -2.40. The molecule has 2 heterocycles. The van der Waals surface area contributed by atoms with E-state index in [0.29, 0.717) is 5.82 Å². The van der Waals surface area contributed by atoms with Gasteiger partial charge in [0.05, 0.1) is 0 Å². The lowest BCUT2D eigenvalue weighted by Gasteiger charge is -2.24. The van der Waals surface area contributed by atoms with Gasteiger partial charge in [-0.05, 0) is 38.1 Å². The second-order valence-electron chi connectivity index (χ2n) is 5.62. The van der Waals surface area contributed by atoms with E-state index in [2.05, 4.69) is 10.1 Å². The standard InChI is InChI=1S/C15H17N5O/c1-15(2,14(16)21)20-7-6-10-8-11(4-5-12(10)20)13-17-9-19(3)18-13/h4-9H,1-3H3,(H2,16,21). The fourth-order valence-electron chi connectivity index (χ4n) is 2.36. The molecule has 6 heteroatoms. The second kappa shape index (κ2) is 4.44. The largest absolute Gasteiger partial charge is 0.368 e. The van der Waals surface area contributed by atoms with Crippen molar-refractivity contribution in [1.29, 1.82) is 0 Å². The van der Waals surface area contributed by atoms with Crippen molar-refractivity contribution in [2.24, 2.45) is 12.8 Å². The minimum Gasteiger partial charge on any atom is -0.368 e. The molecular weight excluding hydrogens is 266 g/mol. The maximum absolute atomic E-state index is 11.6. The Morgan fingerprint density at radius 2 is 2.05 bits per heavy atom. The van der Waals surface area contributed by atoms with Gasteiger partial charge in [-0.1, -0.05) is 0 Å². The number of carbonyl (C=O) groups is 1. The molecule has 0 fully saturated rings. The molecule has 0 atom stereocenters. The molecule has 2 aromatic heterocycles. The molecule has 0 unspecified atom stereocenters. The van der Waals surface area contributed by atoms with Gasteiger partial charge in [0, 0.05) is 29.7 Å². The fourth-order valence-corrected chi connectivity index (χ4v) is 2.36. The van der Waals surface area contributed by atoms with Crippen molar-refractivity contribution in [3.8, 4) is 11.4 Å². The summed E-state index contributed by atoms with van der Waals surface area (Å²) >= 11 is 0. The minimum atomic E-state index is -0.771. The van der Waals surface area contributed by atoms with Crippen LogP contribution in [0, 0.1) is 0 Å². The first kappa shape index (κ1) is 13.4. The number of hydrogen-bond donors (Lipinski definition) is 1. The summed E-state index contributed by atoms with van der Waals surface area (Å²) in [6.45, 7) is 3.62. The molecule has 0 aliphatic heterocycles. The lowest BCUT2D eigenvalue weighted by molar-refractivity contribution is -0.124. The topological polar surface area (TPSA) is 78.7 Å². The average molecular weight is 283 g/mol. The highest BCUT2D eigenvalue weighted by atomic mass is 16.1. The highest BCUT2D eigenvalue weighted by Crippen LogP contribution is 2.27. The van der Waals surface area contributed by atoms with Crippen LogP contribution in [0.2, 0.25) is 0 Å². The predicted octanol–water partition coefficient (Wildman–Crippen LogP) is 1.66. The third-order valence-electron chi connectivity index (χ3n) is 3.75. The zero-order valence-corrected chi connectivity index (χ0v) is 12.2. The Balaban J connectivity index is 2.12. The van der Waals surface area contributed by atoms with E-state index in [-0.39, 0.29) is 5.91 Å². The molecule has 0 aliphatic rings. The molecule has 3 rings (SSSR count). The zero-order chi connectivity index (χ0) is 15.2. The van der Waals surface area contributed by atoms with Crippen LogP contribution in [0.4, 0.5) is 0 Å². The number of fused-ring (bicyclic) bond motifs is 1. The summed E-state index contributed by atoms with van der Waals surface area (Å²) in [6.07, 6.45) is 3.55. The van der Waals surface area contributed by atoms with E-state index in [1.54, 1.807) is 11.0 Å². The van der Waals surface area contributed by atoms with E-state index in [0.717, 1.165) is 16.5 Å². The van der Waals surface area contributed by atoms with Gasteiger partial charge in [-0.25, -0.2) is 4.98 Å². The highest BCUT2D eigenvalue weighted by molar-refractivity contribution is 5.89. The number of aryl methyl sites for hydroxylation is 1. The van der Waals surface area contributed by atoms with Crippen LogP contribution in [0.15, 0.2) is 36.8 Å². The molecule has 2 N–H and O–H groups in total. The number of nitrogens with two attached hydrogens (primary N) is 1. The van der Waals surface area contributed by atoms with Crippen LogP contribution in [-0.2, 0) is 17.4 Å². The van der Waals surface area contributed by atoms with Gasteiger partial charge in [-0.2, -0.15) is 5.10 Å². The number of carbonyl (C=O) groups excluding carboxylic acids is 1. The number of primary amides is 1. The van der Waals surface area contributed by atoms with Crippen molar-refractivity contribution in [2.45, 2.75) is 19.4 Å². The number of benzene rings is 1. The Kier molecular flexibility index (Phi) is 2.83. The van der Waals surface area contributed by atoms with E-state index in [1.807, 2.05) is 55.9 Å². The zero-order valence-electron chi connectivity index (χ0n) is 12.2. The van der Waals surface area contributed by atoms with Crippen molar-refractivity contribution < 1.29 is 4.79 Å². The van der Waals surface area contributed by atoms with E-state index in [1.165, 1.54) is 0 Å². The molecule has 0 spiro atoms. The van der Waals surface area contributed by atoms with E-state index >= 15 is 0 Å². The summed E-state index contributed by atoms with van der Waals surface area (Å²) in [4.78, 5) is 15.9. The van der Waals surface area contributed by atoms with Crippen molar-refractivity contribution in [1.82, 2.24) is 19.3 Å². The van der Waals surface area contributed by atoms with Gasteiger partial charge in [-0.15, -0.1) is 0 Å². The number of rotatable bonds is 3. The number of aromatic nitrogens is 4. The van der Waals surface area contributed by atoms with Crippen LogP contribution in [0.25, 0.3) is 22.3 Å². The van der Waals surface area contributed by atoms with Crippen LogP contribution in [0.1, 0.15) is 13.8 Å². The molecule has 21 heavy (non-hydrogen) atoms. The van der Waals surface area contributed by atoms with Gasteiger partial charge in [0.15, 0.2) is 5.82 Å². The number of amides is 1. The summed E-state index contributed by atoms with van der Waals surface area (Å²) in [6, 6.07) is 7.89. The van der Waals surface area contributed by atoms with Crippen LogP contribution in [0.3, 0.4) is 0 Å². The smallest absolute Gasteiger partial charge is 0.243 e. The SMILES string of the molecule is Cn1cnc(-c2ccc3c(ccn3C(C)(C)C(N)=O)c2)n1. The van der Waals surface area contributed by atoms with E-state index in [9.17, 15) is 4.79 Å². The molecular formula is C15H17N5O. The first-order valence-corrected chi connectivity index (χ1v) is 6.67. The summed E-state index contributed by atoms with van der Waals surface area (Å²) in [5, 5.41) is 5.32. The van der Waals surface area contributed by atoms with Crippen LogP contribution in [0.5, 0.6) is 0 Å². The summed E-state index contributed by atoms with van der Waals surface area (Å²) in [5.74, 6) is 0.316. The van der Waals surface area contributed by atoms with Gasteiger partial charge in [0.1, 0.15) is 11.9 Å². The number of hydrogen-bond acceptors (Lipinski definition) is 3. The molecule has 1 amide bonds. The first-order valence-electron chi connectivity index (χ1n) is 6.67. The minimum absolute atomic E-state index is 0.365. The lowest BCUT2D eigenvalue weighted by atomic mass is 10.0. The Bertz CT molecular complexity index is 828. The molecule has 3 aromatic rings. The fraction of sp³-hybridized carbons (Fsp3) is 0.267. The second-order valence-corrected chi connectivity index (χ2v) is 5.62. The third-order valence-corrected chi connectivity index (χ3v) is 3.75. The van der Waals surface area contributed by atoms with Crippen molar-refractivity contribution in [3.63, 3.8) is 0 Å². The predicted molar refractivity (Wildman–Crippen MR) is 80.5 cm³/mol. The highest BCUT2D eigenvalue weighted by Gasteiger charge is 2.27.